The second kappa shape index (κ2) is 9.34. The topological polar surface area (TPSA) is 73.0 Å². The lowest BCUT2D eigenvalue weighted by Crippen LogP contribution is -2.46. The number of benzene rings is 2. The SMILES string of the molecule is CCN1CCN(c2ccccc2NC(=O)c2cc(S(=O)(=O)N(C)C)ccc2Cl)CC1. The molecule has 0 radical (unpaired) electrons. The highest BCUT2D eigenvalue weighted by Crippen LogP contribution is 2.29. The van der Waals surface area contributed by atoms with Crippen LogP contribution >= 0.6 is 11.6 Å². The maximum atomic E-state index is 13.0. The third-order valence-corrected chi connectivity index (χ3v) is 7.41. The van der Waals surface area contributed by atoms with Crippen molar-refractivity contribution in [3.05, 3.63) is 53.1 Å². The number of anilines is 2. The Labute approximate surface area is 183 Å². The third-order valence-electron chi connectivity index (χ3n) is 5.27. The van der Waals surface area contributed by atoms with E-state index in [9.17, 15) is 13.2 Å². The molecule has 3 rings (SSSR count). The Morgan fingerprint density at radius 3 is 2.40 bits per heavy atom. The molecular weight excluding hydrogens is 424 g/mol. The zero-order valence-corrected chi connectivity index (χ0v) is 19.0. The number of hydrogen-bond acceptors (Lipinski definition) is 5. The molecule has 0 unspecified atom stereocenters. The Hall–Kier alpha value is -2.13. The number of nitrogens with one attached hydrogen (secondary N) is 1. The number of hydrogen-bond donors (Lipinski definition) is 1. The number of amides is 1. The maximum absolute atomic E-state index is 13.0. The molecule has 9 heteroatoms. The molecule has 30 heavy (non-hydrogen) atoms. The number of carbonyl (C=O) groups excluding carboxylic acids is 1. The number of nitrogens with zero attached hydrogens (tertiary/aromatic N) is 3. The molecule has 0 aliphatic carbocycles. The Morgan fingerprint density at radius 2 is 1.77 bits per heavy atom. The van der Waals surface area contributed by atoms with Gasteiger partial charge in [-0.1, -0.05) is 30.7 Å². The van der Waals surface area contributed by atoms with Crippen LogP contribution in [0.5, 0.6) is 0 Å². The second-order valence-electron chi connectivity index (χ2n) is 7.32. The highest BCUT2D eigenvalue weighted by molar-refractivity contribution is 7.89. The average Bonchev–Trinajstić information content (AvgIpc) is 2.74. The van der Waals surface area contributed by atoms with Gasteiger partial charge in [-0.2, -0.15) is 0 Å². The van der Waals surface area contributed by atoms with Crippen molar-refractivity contribution in [2.24, 2.45) is 0 Å². The van der Waals surface area contributed by atoms with E-state index >= 15 is 0 Å². The van der Waals surface area contributed by atoms with Crippen molar-refractivity contribution in [2.45, 2.75) is 11.8 Å². The third kappa shape index (κ3) is 4.78. The van der Waals surface area contributed by atoms with E-state index in [4.69, 9.17) is 11.6 Å². The van der Waals surface area contributed by atoms with E-state index in [1.54, 1.807) is 0 Å². The van der Waals surface area contributed by atoms with Gasteiger partial charge in [0.05, 0.1) is 26.9 Å². The molecule has 0 aromatic heterocycles. The van der Waals surface area contributed by atoms with Gasteiger partial charge in [0.25, 0.3) is 5.91 Å². The lowest BCUT2D eigenvalue weighted by molar-refractivity contribution is 0.102. The summed E-state index contributed by atoms with van der Waals surface area (Å²) >= 11 is 6.22. The zero-order valence-electron chi connectivity index (χ0n) is 17.4. The van der Waals surface area contributed by atoms with Gasteiger partial charge >= 0.3 is 0 Å². The molecule has 0 atom stereocenters. The average molecular weight is 451 g/mol. The Balaban J connectivity index is 1.86. The van der Waals surface area contributed by atoms with E-state index in [1.165, 1.54) is 32.3 Å². The standard InChI is InChI=1S/C21H27ClN4O3S/c1-4-25-11-13-26(14-12-25)20-8-6-5-7-19(20)23-21(27)17-15-16(9-10-18(17)22)30(28,29)24(2)3/h5-10,15H,4,11-14H2,1-3H3,(H,23,27). The summed E-state index contributed by atoms with van der Waals surface area (Å²) in [6, 6.07) is 11.8. The summed E-state index contributed by atoms with van der Waals surface area (Å²) in [5.74, 6) is -0.449. The van der Waals surface area contributed by atoms with Gasteiger partial charge in [0, 0.05) is 40.3 Å². The van der Waals surface area contributed by atoms with E-state index in [0.29, 0.717) is 5.69 Å². The van der Waals surface area contributed by atoms with Gasteiger partial charge in [-0.3, -0.25) is 4.79 Å². The van der Waals surface area contributed by atoms with Crippen molar-refractivity contribution >= 4 is 38.9 Å². The number of rotatable bonds is 6. The predicted octanol–water partition coefficient (Wildman–Crippen LogP) is 2.98. The maximum Gasteiger partial charge on any atom is 0.257 e. The van der Waals surface area contributed by atoms with E-state index in [2.05, 4.69) is 22.0 Å². The van der Waals surface area contributed by atoms with Gasteiger partial charge < -0.3 is 15.1 Å². The first kappa shape index (κ1) is 22.6. The van der Waals surface area contributed by atoms with Gasteiger partial charge in [-0.25, -0.2) is 12.7 Å². The number of para-hydroxylation sites is 2. The molecule has 0 saturated carbocycles. The molecule has 162 valence electrons. The highest BCUT2D eigenvalue weighted by Gasteiger charge is 2.22. The molecule has 1 aliphatic rings. The van der Waals surface area contributed by atoms with Crippen molar-refractivity contribution in [3.8, 4) is 0 Å². The Bertz CT molecular complexity index is 1020. The summed E-state index contributed by atoms with van der Waals surface area (Å²) in [6.07, 6.45) is 0. The minimum absolute atomic E-state index is 0.0195. The molecule has 1 amide bonds. The number of carbonyl (C=O) groups is 1. The molecule has 2 aromatic carbocycles. The van der Waals surface area contributed by atoms with E-state index in [0.717, 1.165) is 42.7 Å². The van der Waals surface area contributed by atoms with Gasteiger partial charge in [0.15, 0.2) is 0 Å². The van der Waals surface area contributed by atoms with Gasteiger partial charge in [0.2, 0.25) is 10.0 Å². The van der Waals surface area contributed by atoms with Crippen LogP contribution in [-0.4, -0.2) is 70.3 Å². The summed E-state index contributed by atoms with van der Waals surface area (Å²) < 4.78 is 26.0. The summed E-state index contributed by atoms with van der Waals surface area (Å²) in [6.45, 7) is 6.86. The van der Waals surface area contributed by atoms with E-state index in [1.807, 2.05) is 24.3 Å². The van der Waals surface area contributed by atoms with Crippen LogP contribution in [0.25, 0.3) is 0 Å². The molecule has 1 N–H and O–H groups in total. The van der Waals surface area contributed by atoms with Crippen molar-refractivity contribution in [3.63, 3.8) is 0 Å². The number of likely N-dealkylation sites (N-methyl/N-ethyl adjacent to an activating group) is 1. The fraction of sp³-hybridized carbons (Fsp3) is 0.381. The van der Waals surface area contributed by atoms with Crippen LogP contribution in [0.4, 0.5) is 11.4 Å². The monoisotopic (exact) mass is 450 g/mol. The first-order valence-corrected chi connectivity index (χ1v) is 11.7. The lowest BCUT2D eigenvalue weighted by atomic mass is 10.1. The van der Waals surface area contributed by atoms with Crippen molar-refractivity contribution in [1.29, 1.82) is 0 Å². The van der Waals surface area contributed by atoms with Crippen LogP contribution in [0.1, 0.15) is 17.3 Å². The quantitative estimate of drug-likeness (QED) is 0.732. The number of halogens is 1. The minimum Gasteiger partial charge on any atom is -0.367 e. The summed E-state index contributed by atoms with van der Waals surface area (Å²) in [5, 5.41) is 3.10. The van der Waals surface area contributed by atoms with Gasteiger partial charge in [-0.05, 0) is 36.9 Å². The molecule has 1 heterocycles. The van der Waals surface area contributed by atoms with E-state index in [-0.39, 0.29) is 15.5 Å². The van der Waals surface area contributed by atoms with Gasteiger partial charge in [0.1, 0.15) is 0 Å². The molecule has 0 bridgehead atoms. The van der Waals surface area contributed by atoms with E-state index < -0.39 is 15.9 Å². The van der Waals surface area contributed by atoms with Crippen LogP contribution in [-0.2, 0) is 10.0 Å². The fourth-order valence-corrected chi connectivity index (χ4v) is 4.53. The fourth-order valence-electron chi connectivity index (χ4n) is 3.40. The zero-order chi connectivity index (χ0) is 21.9. The summed E-state index contributed by atoms with van der Waals surface area (Å²) in [7, 11) is -0.788. The van der Waals surface area contributed by atoms with Crippen LogP contribution < -0.4 is 10.2 Å². The largest absolute Gasteiger partial charge is 0.367 e. The molecule has 1 saturated heterocycles. The van der Waals surface area contributed by atoms with Crippen LogP contribution in [0.2, 0.25) is 5.02 Å². The van der Waals surface area contributed by atoms with Crippen LogP contribution in [0, 0.1) is 0 Å². The smallest absolute Gasteiger partial charge is 0.257 e. The summed E-state index contributed by atoms with van der Waals surface area (Å²) in [4.78, 5) is 17.6. The van der Waals surface area contributed by atoms with Crippen molar-refractivity contribution < 1.29 is 13.2 Å². The molecule has 7 nitrogen and oxygen atoms in total. The number of piperazine rings is 1. The molecular formula is C21H27ClN4O3S. The first-order chi connectivity index (χ1) is 14.2. The predicted molar refractivity (Wildman–Crippen MR) is 121 cm³/mol. The van der Waals surface area contributed by atoms with Crippen molar-refractivity contribution in [1.82, 2.24) is 9.21 Å². The Kier molecular flexibility index (Phi) is 7.02. The highest BCUT2D eigenvalue weighted by atomic mass is 35.5. The molecule has 1 aliphatic heterocycles. The van der Waals surface area contributed by atoms with Crippen molar-refractivity contribution in [2.75, 3.05) is 57.0 Å². The molecule has 0 spiro atoms. The van der Waals surface area contributed by atoms with Gasteiger partial charge in [-0.15, -0.1) is 0 Å². The Morgan fingerprint density at radius 1 is 1.10 bits per heavy atom. The number of sulfonamides is 1. The van der Waals surface area contributed by atoms with Crippen LogP contribution in [0.3, 0.4) is 0 Å². The first-order valence-electron chi connectivity index (χ1n) is 9.83. The van der Waals surface area contributed by atoms with Crippen LogP contribution in [0.15, 0.2) is 47.4 Å². The summed E-state index contributed by atoms with van der Waals surface area (Å²) in [5.41, 5.74) is 1.73. The lowest BCUT2D eigenvalue weighted by Gasteiger charge is -2.36. The minimum atomic E-state index is -3.67. The molecule has 1 fully saturated rings. The normalized spacial score (nSPS) is 15.4. The molecule has 2 aromatic rings. The second-order valence-corrected chi connectivity index (χ2v) is 9.88.